The topological polar surface area (TPSA) is 87.0 Å². The van der Waals surface area contributed by atoms with E-state index in [0.29, 0.717) is 23.4 Å². The smallest absolute Gasteiger partial charge is 0.223 e. The van der Waals surface area contributed by atoms with Gasteiger partial charge in [0.05, 0.1) is 0 Å². The molecular formula is C10H10N4O. The van der Waals surface area contributed by atoms with Gasteiger partial charge in [-0.25, -0.2) is 0 Å². The minimum Gasteiger partial charge on any atom is -0.421 e. The van der Waals surface area contributed by atoms with Gasteiger partial charge in [0.1, 0.15) is 11.6 Å². The normalized spacial score (nSPS) is 9.87. The molecule has 0 aliphatic carbocycles. The molecule has 0 fully saturated rings. The Morgan fingerprint density at radius 2 is 1.27 bits per heavy atom. The van der Waals surface area contributed by atoms with Gasteiger partial charge in [-0.2, -0.15) is 9.97 Å². The zero-order valence-electron chi connectivity index (χ0n) is 7.92. The van der Waals surface area contributed by atoms with Crippen LogP contribution in [0.1, 0.15) is 0 Å². The SMILES string of the molecule is Nc1cccc(Oc2cccc(N)n2)n1. The molecule has 0 saturated carbocycles. The highest BCUT2D eigenvalue weighted by Crippen LogP contribution is 2.18. The van der Waals surface area contributed by atoms with Crippen LogP contribution in [0.4, 0.5) is 11.6 Å². The molecule has 0 unspecified atom stereocenters. The van der Waals surface area contributed by atoms with Gasteiger partial charge in [0, 0.05) is 12.1 Å². The van der Waals surface area contributed by atoms with E-state index in [1.54, 1.807) is 36.4 Å². The molecule has 0 aliphatic heterocycles. The molecule has 0 spiro atoms. The number of pyridine rings is 2. The number of nitrogens with two attached hydrogens (primary N) is 2. The molecule has 5 heteroatoms. The number of nitrogens with zero attached hydrogens (tertiary/aromatic N) is 2. The number of hydrogen-bond acceptors (Lipinski definition) is 5. The predicted molar refractivity (Wildman–Crippen MR) is 57.4 cm³/mol. The Morgan fingerprint density at radius 3 is 1.67 bits per heavy atom. The summed E-state index contributed by atoms with van der Waals surface area (Å²) in [6.07, 6.45) is 0. The van der Waals surface area contributed by atoms with Gasteiger partial charge >= 0.3 is 0 Å². The van der Waals surface area contributed by atoms with Gasteiger partial charge < -0.3 is 16.2 Å². The van der Waals surface area contributed by atoms with Gasteiger partial charge in [-0.15, -0.1) is 0 Å². The van der Waals surface area contributed by atoms with Crippen molar-refractivity contribution in [2.45, 2.75) is 0 Å². The van der Waals surface area contributed by atoms with Crippen molar-refractivity contribution < 1.29 is 4.74 Å². The first-order valence-corrected chi connectivity index (χ1v) is 4.37. The summed E-state index contributed by atoms with van der Waals surface area (Å²) in [7, 11) is 0. The van der Waals surface area contributed by atoms with E-state index in [1.165, 1.54) is 0 Å². The molecule has 2 aromatic rings. The fourth-order valence-electron chi connectivity index (χ4n) is 1.08. The molecule has 0 aliphatic rings. The van der Waals surface area contributed by atoms with Crippen LogP contribution in [0.3, 0.4) is 0 Å². The zero-order valence-corrected chi connectivity index (χ0v) is 7.92. The summed E-state index contributed by atoms with van der Waals surface area (Å²) in [5, 5.41) is 0. The number of ether oxygens (including phenoxy) is 1. The summed E-state index contributed by atoms with van der Waals surface area (Å²) in [5.41, 5.74) is 11.0. The van der Waals surface area contributed by atoms with Crippen molar-refractivity contribution in [1.82, 2.24) is 9.97 Å². The van der Waals surface area contributed by atoms with E-state index >= 15 is 0 Å². The highest BCUT2D eigenvalue weighted by molar-refractivity contribution is 5.35. The average Bonchev–Trinajstić information content (AvgIpc) is 2.17. The molecule has 0 bridgehead atoms. The third-order valence-corrected chi connectivity index (χ3v) is 1.70. The van der Waals surface area contributed by atoms with Gasteiger partial charge in [-0.3, -0.25) is 0 Å². The second-order valence-corrected chi connectivity index (χ2v) is 2.90. The Balaban J connectivity index is 2.22. The fraction of sp³-hybridized carbons (Fsp3) is 0. The van der Waals surface area contributed by atoms with E-state index in [1.807, 2.05) is 0 Å². The van der Waals surface area contributed by atoms with Crippen LogP contribution in [0, 0.1) is 0 Å². The van der Waals surface area contributed by atoms with Crippen molar-refractivity contribution in [3.05, 3.63) is 36.4 Å². The molecule has 2 rings (SSSR count). The lowest BCUT2D eigenvalue weighted by Crippen LogP contribution is -1.95. The van der Waals surface area contributed by atoms with Gasteiger partial charge in [-0.1, -0.05) is 12.1 Å². The molecule has 2 aromatic heterocycles. The van der Waals surface area contributed by atoms with Crippen LogP contribution in [0.2, 0.25) is 0 Å². The second-order valence-electron chi connectivity index (χ2n) is 2.90. The summed E-state index contributed by atoms with van der Waals surface area (Å²) in [6, 6.07) is 10.3. The summed E-state index contributed by atoms with van der Waals surface area (Å²) in [6.45, 7) is 0. The Bertz CT molecular complexity index is 429. The van der Waals surface area contributed by atoms with Crippen molar-refractivity contribution in [1.29, 1.82) is 0 Å². The Hall–Kier alpha value is -2.30. The Labute approximate surface area is 86.7 Å². The standard InChI is InChI=1S/C10H10N4O/c11-7-3-1-5-9(13-7)15-10-6-2-4-8(12)14-10/h1-6H,(H2,11,13)(H2,12,14). The molecule has 0 aromatic carbocycles. The zero-order chi connectivity index (χ0) is 10.7. The minimum atomic E-state index is 0.396. The van der Waals surface area contributed by atoms with Crippen LogP contribution in [-0.2, 0) is 0 Å². The van der Waals surface area contributed by atoms with Gasteiger partial charge in [0.15, 0.2) is 0 Å². The highest BCUT2D eigenvalue weighted by atomic mass is 16.5. The van der Waals surface area contributed by atoms with Gasteiger partial charge in [0.25, 0.3) is 0 Å². The van der Waals surface area contributed by atoms with Crippen LogP contribution >= 0.6 is 0 Å². The minimum absolute atomic E-state index is 0.396. The highest BCUT2D eigenvalue weighted by Gasteiger charge is 2.00. The summed E-state index contributed by atoms with van der Waals surface area (Å²) in [4.78, 5) is 7.95. The summed E-state index contributed by atoms with van der Waals surface area (Å²) < 4.78 is 5.36. The molecule has 5 nitrogen and oxygen atoms in total. The Kier molecular flexibility index (Phi) is 2.37. The van der Waals surface area contributed by atoms with Crippen LogP contribution < -0.4 is 16.2 Å². The molecule has 0 saturated heterocycles. The van der Waals surface area contributed by atoms with Crippen LogP contribution in [0.25, 0.3) is 0 Å². The lowest BCUT2D eigenvalue weighted by atomic mass is 10.4. The number of anilines is 2. The Morgan fingerprint density at radius 1 is 0.800 bits per heavy atom. The van der Waals surface area contributed by atoms with E-state index in [2.05, 4.69) is 9.97 Å². The number of aromatic nitrogens is 2. The van der Waals surface area contributed by atoms with E-state index in [-0.39, 0.29) is 0 Å². The van der Waals surface area contributed by atoms with Crippen LogP contribution in [0.5, 0.6) is 11.8 Å². The van der Waals surface area contributed by atoms with Crippen molar-refractivity contribution in [3.63, 3.8) is 0 Å². The molecule has 15 heavy (non-hydrogen) atoms. The van der Waals surface area contributed by atoms with Crippen LogP contribution in [0.15, 0.2) is 36.4 Å². The first-order chi connectivity index (χ1) is 7.24. The van der Waals surface area contributed by atoms with E-state index in [4.69, 9.17) is 16.2 Å². The maximum Gasteiger partial charge on any atom is 0.223 e. The number of rotatable bonds is 2. The van der Waals surface area contributed by atoms with Gasteiger partial charge in [-0.05, 0) is 12.1 Å². The second kappa shape index (κ2) is 3.83. The third kappa shape index (κ3) is 2.34. The van der Waals surface area contributed by atoms with Gasteiger partial charge in [0.2, 0.25) is 11.8 Å². The number of nitrogen functional groups attached to an aromatic ring is 2. The van der Waals surface area contributed by atoms with Crippen LogP contribution in [-0.4, -0.2) is 9.97 Å². The fourth-order valence-corrected chi connectivity index (χ4v) is 1.08. The molecule has 2 heterocycles. The molecule has 0 atom stereocenters. The summed E-state index contributed by atoms with van der Waals surface area (Å²) in [5.74, 6) is 1.59. The monoisotopic (exact) mass is 202 g/mol. The first kappa shape index (κ1) is 9.26. The maximum atomic E-state index is 5.51. The molecule has 4 N–H and O–H groups in total. The van der Waals surface area contributed by atoms with Crippen molar-refractivity contribution in [2.75, 3.05) is 11.5 Å². The van der Waals surface area contributed by atoms with Crippen molar-refractivity contribution in [2.24, 2.45) is 0 Å². The molecule has 76 valence electrons. The summed E-state index contributed by atoms with van der Waals surface area (Å²) >= 11 is 0. The molecule has 0 radical (unpaired) electrons. The lowest BCUT2D eigenvalue weighted by molar-refractivity contribution is 0.446. The third-order valence-electron chi connectivity index (χ3n) is 1.70. The maximum absolute atomic E-state index is 5.51. The average molecular weight is 202 g/mol. The molecule has 0 amide bonds. The van der Waals surface area contributed by atoms with E-state index < -0.39 is 0 Å². The first-order valence-electron chi connectivity index (χ1n) is 4.37. The predicted octanol–water partition coefficient (Wildman–Crippen LogP) is 1.43. The lowest BCUT2D eigenvalue weighted by Gasteiger charge is -2.04. The molecular weight excluding hydrogens is 192 g/mol. The number of hydrogen-bond donors (Lipinski definition) is 2. The van der Waals surface area contributed by atoms with E-state index in [0.717, 1.165) is 0 Å². The largest absolute Gasteiger partial charge is 0.421 e. The van der Waals surface area contributed by atoms with Crippen molar-refractivity contribution >= 4 is 11.6 Å². The van der Waals surface area contributed by atoms with Crippen molar-refractivity contribution in [3.8, 4) is 11.8 Å². The quantitative estimate of drug-likeness (QED) is 0.769. The van der Waals surface area contributed by atoms with E-state index in [9.17, 15) is 0 Å².